The Balaban J connectivity index is 1.94. The highest BCUT2D eigenvalue weighted by atomic mass is 79.9. The van der Waals surface area contributed by atoms with Gasteiger partial charge in [-0.1, -0.05) is 38.9 Å². The third kappa shape index (κ3) is 2.99. The fraction of sp³-hybridized carbons (Fsp3) is 0.133. The van der Waals surface area contributed by atoms with Gasteiger partial charge in [-0.3, -0.25) is 10.1 Å². The number of nitrogens with zero attached hydrogens (tertiary/aromatic N) is 2. The first kappa shape index (κ1) is 15.4. The highest BCUT2D eigenvalue weighted by Gasteiger charge is 2.15. The summed E-state index contributed by atoms with van der Waals surface area (Å²) in [6.07, 6.45) is 0. The summed E-state index contributed by atoms with van der Waals surface area (Å²) in [6.45, 7) is 3.93. The molecule has 1 amide bonds. The van der Waals surface area contributed by atoms with Gasteiger partial charge < -0.3 is 0 Å². The second-order valence-corrected chi connectivity index (χ2v) is 7.15. The van der Waals surface area contributed by atoms with E-state index in [1.54, 1.807) is 18.2 Å². The van der Waals surface area contributed by atoms with Crippen molar-refractivity contribution in [1.29, 1.82) is 0 Å². The average Bonchev–Trinajstić information content (AvgIpc) is 2.84. The van der Waals surface area contributed by atoms with Gasteiger partial charge in [0.15, 0.2) is 10.8 Å². The first-order valence-corrected chi connectivity index (χ1v) is 8.44. The van der Waals surface area contributed by atoms with Crippen LogP contribution in [0.5, 0.6) is 0 Å². The molecule has 2 aromatic heterocycles. The second-order valence-electron chi connectivity index (χ2n) is 4.83. The first-order valence-electron chi connectivity index (χ1n) is 6.45. The second kappa shape index (κ2) is 5.95. The minimum atomic E-state index is -0.292. The molecule has 0 radical (unpaired) electrons. The zero-order valence-corrected chi connectivity index (χ0v) is 14.9. The van der Waals surface area contributed by atoms with Crippen LogP contribution in [0.1, 0.15) is 21.6 Å². The molecule has 2 heterocycles. The third-order valence-corrected chi connectivity index (χ3v) is 4.99. The van der Waals surface area contributed by atoms with Crippen LogP contribution in [0, 0.1) is 13.8 Å². The number of thiazole rings is 1. The maximum absolute atomic E-state index is 12.3. The van der Waals surface area contributed by atoms with E-state index in [9.17, 15) is 4.79 Å². The Morgan fingerprint density at radius 2 is 2.05 bits per heavy atom. The summed E-state index contributed by atoms with van der Waals surface area (Å²) < 4.78 is 1.76. The van der Waals surface area contributed by atoms with Crippen molar-refractivity contribution in [2.24, 2.45) is 0 Å². The molecule has 1 N–H and O–H groups in total. The third-order valence-electron chi connectivity index (χ3n) is 3.07. The Hall–Kier alpha value is -1.50. The monoisotopic (exact) mass is 395 g/mol. The van der Waals surface area contributed by atoms with Crippen LogP contribution in [0.15, 0.2) is 28.7 Å². The van der Waals surface area contributed by atoms with Gasteiger partial charge >= 0.3 is 0 Å². The molecule has 0 saturated carbocycles. The number of aryl methyl sites for hydroxylation is 2. The summed E-state index contributed by atoms with van der Waals surface area (Å²) in [5, 5.41) is 3.69. The lowest BCUT2D eigenvalue weighted by Crippen LogP contribution is -2.12. The van der Waals surface area contributed by atoms with Crippen LogP contribution in [0.4, 0.5) is 5.13 Å². The highest BCUT2D eigenvalue weighted by molar-refractivity contribution is 9.10. The van der Waals surface area contributed by atoms with Gasteiger partial charge in [-0.2, -0.15) is 4.98 Å². The van der Waals surface area contributed by atoms with Crippen molar-refractivity contribution < 1.29 is 4.79 Å². The molecule has 0 aliphatic carbocycles. The van der Waals surface area contributed by atoms with Crippen molar-refractivity contribution in [1.82, 2.24) is 9.97 Å². The molecule has 112 valence electrons. The summed E-state index contributed by atoms with van der Waals surface area (Å²) >= 11 is 10.8. The van der Waals surface area contributed by atoms with Gasteiger partial charge in [0.2, 0.25) is 0 Å². The number of fused-ring (bicyclic) bond motifs is 1. The van der Waals surface area contributed by atoms with Gasteiger partial charge in [0.25, 0.3) is 5.91 Å². The van der Waals surface area contributed by atoms with E-state index in [1.165, 1.54) is 11.3 Å². The lowest BCUT2D eigenvalue weighted by molar-refractivity contribution is 0.102. The number of benzene rings is 1. The van der Waals surface area contributed by atoms with Crippen molar-refractivity contribution in [2.45, 2.75) is 13.8 Å². The molecule has 0 fully saturated rings. The van der Waals surface area contributed by atoms with Crippen LogP contribution in [0.25, 0.3) is 10.3 Å². The Morgan fingerprint density at radius 3 is 2.82 bits per heavy atom. The van der Waals surface area contributed by atoms with Crippen molar-refractivity contribution >= 4 is 60.3 Å². The standard InChI is InChI=1S/C15H11BrClN3OS/c1-7-5-8(2)18-13-12(7)22-15(19-13)20-14(21)10-6-9(16)3-4-11(10)17/h3-6H,1-2H3,(H,18,19,20,21). The number of anilines is 1. The Bertz CT molecular complexity index is 894. The molecule has 0 atom stereocenters. The van der Waals surface area contributed by atoms with E-state index in [0.717, 1.165) is 20.4 Å². The lowest BCUT2D eigenvalue weighted by Gasteiger charge is -2.04. The summed E-state index contributed by atoms with van der Waals surface area (Å²) in [6, 6.07) is 7.14. The molecule has 0 aliphatic heterocycles. The van der Waals surface area contributed by atoms with Crippen molar-refractivity contribution in [3.05, 3.63) is 50.6 Å². The summed E-state index contributed by atoms with van der Waals surface area (Å²) in [7, 11) is 0. The number of amides is 1. The Morgan fingerprint density at radius 1 is 1.27 bits per heavy atom. The van der Waals surface area contributed by atoms with E-state index in [1.807, 2.05) is 19.9 Å². The predicted molar refractivity (Wildman–Crippen MR) is 94.0 cm³/mol. The predicted octanol–water partition coefficient (Wildman–Crippen LogP) is 4.98. The fourth-order valence-electron chi connectivity index (χ4n) is 2.11. The number of halogens is 2. The fourth-order valence-corrected chi connectivity index (χ4v) is 3.55. The van der Waals surface area contributed by atoms with Crippen molar-refractivity contribution in [2.75, 3.05) is 5.32 Å². The molecule has 0 aliphatic rings. The normalized spacial score (nSPS) is 10.9. The number of pyridine rings is 1. The summed E-state index contributed by atoms with van der Waals surface area (Å²) in [5.41, 5.74) is 3.05. The van der Waals surface area contributed by atoms with Gasteiger partial charge in [-0.15, -0.1) is 0 Å². The molecule has 22 heavy (non-hydrogen) atoms. The molecule has 0 unspecified atom stereocenters. The molecule has 0 spiro atoms. The zero-order valence-electron chi connectivity index (χ0n) is 11.8. The van der Waals surface area contributed by atoms with Crippen molar-refractivity contribution in [3.63, 3.8) is 0 Å². The van der Waals surface area contributed by atoms with Crippen LogP contribution in [0.2, 0.25) is 5.02 Å². The highest BCUT2D eigenvalue weighted by Crippen LogP contribution is 2.29. The summed E-state index contributed by atoms with van der Waals surface area (Å²) in [4.78, 5) is 21.1. The molecule has 7 heteroatoms. The smallest absolute Gasteiger partial charge is 0.258 e. The van der Waals surface area contributed by atoms with Gasteiger partial charge in [0, 0.05) is 10.2 Å². The maximum Gasteiger partial charge on any atom is 0.258 e. The topological polar surface area (TPSA) is 54.9 Å². The number of nitrogens with one attached hydrogen (secondary N) is 1. The first-order chi connectivity index (χ1) is 10.4. The molecular weight excluding hydrogens is 386 g/mol. The van der Waals surface area contributed by atoms with Gasteiger partial charge in [-0.05, 0) is 43.7 Å². The number of rotatable bonds is 2. The van der Waals surface area contributed by atoms with E-state index in [-0.39, 0.29) is 5.91 Å². The Kier molecular flexibility index (Phi) is 4.16. The van der Waals surface area contributed by atoms with Gasteiger partial charge in [0.1, 0.15) is 0 Å². The average molecular weight is 397 g/mol. The molecule has 0 saturated heterocycles. The molecule has 3 rings (SSSR count). The number of aromatic nitrogens is 2. The van der Waals surface area contributed by atoms with Gasteiger partial charge in [-0.25, -0.2) is 4.98 Å². The number of carbonyl (C=O) groups is 1. The van der Waals surface area contributed by atoms with E-state index in [0.29, 0.717) is 21.4 Å². The van der Waals surface area contributed by atoms with Gasteiger partial charge in [0.05, 0.1) is 15.3 Å². The van der Waals surface area contributed by atoms with Crippen LogP contribution >= 0.6 is 38.9 Å². The molecule has 4 nitrogen and oxygen atoms in total. The number of hydrogen-bond donors (Lipinski definition) is 1. The van der Waals surface area contributed by atoms with E-state index in [2.05, 4.69) is 31.2 Å². The van der Waals surface area contributed by atoms with E-state index >= 15 is 0 Å². The Labute approximate surface area is 144 Å². The summed E-state index contributed by atoms with van der Waals surface area (Å²) in [5.74, 6) is -0.292. The SMILES string of the molecule is Cc1cc(C)c2sc(NC(=O)c3cc(Br)ccc3Cl)nc2n1. The van der Waals surface area contributed by atoms with E-state index < -0.39 is 0 Å². The lowest BCUT2D eigenvalue weighted by atomic mass is 10.2. The molecule has 1 aromatic carbocycles. The minimum Gasteiger partial charge on any atom is -0.298 e. The minimum absolute atomic E-state index is 0.292. The van der Waals surface area contributed by atoms with Crippen molar-refractivity contribution in [3.8, 4) is 0 Å². The number of hydrogen-bond acceptors (Lipinski definition) is 4. The largest absolute Gasteiger partial charge is 0.298 e. The maximum atomic E-state index is 12.3. The molecule has 0 bridgehead atoms. The quantitative estimate of drug-likeness (QED) is 0.665. The van der Waals surface area contributed by atoms with Crippen LogP contribution < -0.4 is 5.32 Å². The molecule has 3 aromatic rings. The van der Waals surface area contributed by atoms with Crippen LogP contribution in [-0.4, -0.2) is 15.9 Å². The van der Waals surface area contributed by atoms with Crippen LogP contribution in [0.3, 0.4) is 0 Å². The zero-order chi connectivity index (χ0) is 15.9. The van der Waals surface area contributed by atoms with Crippen LogP contribution in [-0.2, 0) is 0 Å². The van der Waals surface area contributed by atoms with E-state index in [4.69, 9.17) is 11.6 Å². The number of carbonyl (C=O) groups excluding carboxylic acids is 1. The molecular formula is C15H11BrClN3OS.